The largest absolute Gasteiger partial charge is 0.448 e. The molecular formula is C21H22ClF3N4O4. The van der Waals surface area contributed by atoms with Gasteiger partial charge in [-0.15, -0.1) is 0 Å². The third kappa shape index (κ3) is 4.01. The minimum Gasteiger partial charge on any atom is -0.448 e. The van der Waals surface area contributed by atoms with Gasteiger partial charge in [0.25, 0.3) is 5.91 Å². The van der Waals surface area contributed by atoms with Gasteiger partial charge in [-0.3, -0.25) is 9.20 Å². The van der Waals surface area contributed by atoms with Gasteiger partial charge in [0, 0.05) is 31.9 Å². The van der Waals surface area contributed by atoms with Crippen molar-refractivity contribution in [1.29, 1.82) is 0 Å². The van der Waals surface area contributed by atoms with Crippen LogP contribution in [0.25, 0.3) is 5.65 Å². The van der Waals surface area contributed by atoms with Crippen LogP contribution >= 0.6 is 11.6 Å². The van der Waals surface area contributed by atoms with Crippen molar-refractivity contribution in [3.05, 3.63) is 34.2 Å². The normalized spacial score (nSPS) is 22.4. The molecule has 2 aromatic heterocycles. The fourth-order valence-corrected chi connectivity index (χ4v) is 5.02. The molecule has 3 aliphatic heterocycles. The molecule has 8 nitrogen and oxygen atoms in total. The van der Waals surface area contributed by atoms with E-state index in [9.17, 15) is 22.8 Å². The second-order valence-corrected chi connectivity index (χ2v) is 8.82. The zero-order valence-electron chi connectivity index (χ0n) is 17.6. The molecule has 0 saturated carbocycles. The first-order chi connectivity index (χ1) is 15.7. The Morgan fingerprint density at radius 3 is 2.52 bits per heavy atom. The number of pyridine rings is 1. The van der Waals surface area contributed by atoms with Crippen molar-refractivity contribution in [2.45, 2.75) is 44.0 Å². The maximum atomic E-state index is 13.8. The van der Waals surface area contributed by atoms with E-state index in [2.05, 4.69) is 4.98 Å². The first-order valence-electron chi connectivity index (χ1n) is 10.9. The third-order valence-electron chi connectivity index (χ3n) is 6.48. The van der Waals surface area contributed by atoms with Gasteiger partial charge in [0.05, 0.1) is 18.2 Å². The van der Waals surface area contributed by atoms with Crippen LogP contribution in [0.1, 0.15) is 53.4 Å². The minimum absolute atomic E-state index is 0.0357. The van der Waals surface area contributed by atoms with Crippen LogP contribution in [0, 0.1) is 0 Å². The number of likely N-dealkylation sites (tertiary alicyclic amines) is 1. The van der Waals surface area contributed by atoms with Crippen molar-refractivity contribution >= 4 is 29.2 Å². The number of fused-ring (bicyclic) bond motifs is 1. The van der Waals surface area contributed by atoms with E-state index in [1.165, 1.54) is 11.1 Å². The second-order valence-electron chi connectivity index (χ2n) is 8.46. The van der Waals surface area contributed by atoms with E-state index in [0.29, 0.717) is 57.7 Å². The monoisotopic (exact) mass is 486 g/mol. The van der Waals surface area contributed by atoms with E-state index in [-0.39, 0.29) is 23.0 Å². The summed E-state index contributed by atoms with van der Waals surface area (Å²) in [4.78, 5) is 32.1. The van der Waals surface area contributed by atoms with Crippen molar-refractivity contribution in [3.63, 3.8) is 0 Å². The number of piperidine rings is 1. The number of imidazole rings is 1. The van der Waals surface area contributed by atoms with E-state index in [1.54, 1.807) is 4.90 Å². The Kier molecular flexibility index (Phi) is 5.64. The topological polar surface area (TPSA) is 76.4 Å². The van der Waals surface area contributed by atoms with E-state index in [1.807, 2.05) is 0 Å². The molecule has 0 N–H and O–H groups in total. The number of amides is 2. The standard InChI is InChI=1S/C21H22ClF3N4O4/c22-17-16(19(30)27-5-3-13(4-6-27)28-7-9-33-20(28)31)26-18-14(21(23,24)25)10-12(11-29(17)18)15-2-1-8-32-15/h10-11,13,15H,1-9H2. The van der Waals surface area contributed by atoms with Crippen molar-refractivity contribution in [2.75, 3.05) is 32.8 Å². The van der Waals surface area contributed by atoms with Crippen LogP contribution in [0.5, 0.6) is 0 Å². The highest BCUT2D eigenvalue weighted by atomic mass is 35.5. The summed E-state index contributed by atoms with van der Waals surface area (Å²) in [6, 6.07) is 0.996. The predicted molar refractivity (Wildman–Crippen MR) is 110 cm³/mol. The fourth-order valence-electron chi connectivity index (χ4n) is 4.77. The number of rotatable bonds is 3. The lowest BCUT2D eigenvalue weighted by atomic mass is 10.0. The highest BCUT2D eigenvalue weighted by Gasteiger charge is 2.38. The first kappa shape index (κ1) is 22.3. The number of nitrogens with zero attached hydrogens (tertiary/aromatic N) is 4. The molecule has 1 unspecified atom stereocenters. The minimum atomic E-state index is -4.67. The second kappa shape index (κ2) is 8.35. The average Bonchev–Trinajstić information content (AvgIpc) is 3.53. The highest BCUT2D eigenvalue weighted by Crippen LogP contribution is 2.38. The summed E-state index contributed by atoms with van der Waals surface area (Å²) in [5.41, 5.74) is -1.23. The van der Waals surface area contributed by atoms with Gasteiger partial charge in [0.2, 0.25) is 0 Å². The summed E-state index contributed by atoms with van der Waals surface area (Å²) >= 11 is 6.40. The number of hydrogen-bond donors (Lipinski definition) is 0. The SMILES string of the molecule is O=C(c1nc2c(C(F)(F)F)cc(C3CCCO3)cn2c1Cl)N1CCC(N2CCOC2=O)CC1. The highest BCUT2D eigenvalue weighted by molar-refractivity contribution is 6.33. The molecule has 12 heteroatoms. The Bertz CT molecular complexity index is 1090. The van der Waals surface area contributed by atoms with Gasteiger partial charge in [-0.25, -0.2) is 9.78 Å². The molecule has 0 aliphatic carbocycles. The maximum Gasteiger partial charge on any atom is 0.419 e. The zero-order chi connectivity index (χ0) is 23.3. The molecular weight excluding hydrogens is 465 g/mol. The molecule has 0 spiro atoms. The first-order valence-corrected chi connectivity index (χ1v) is 11.2. The van der Waals surface area contributed by atoms with E-state index >= 15 is 0 Å². The lowest BCUT2D eigenvalue weighted by molar-refractivity contribution is -0.136. The average molecular weight is 487 g/mol. The van der Waals surface area contributed by atoms with Crippen LogP contribution in [0.4, 0.5) is 18.0 Å². The van der Waals surface area contributed by atoms with Crippen molar-refractivity contribution in [2.24, 2.45) is 0 Å². The predicted octanol–water partition coefficient (Wildman–Crippen LogP) is 3.91. The van der Waals surface area contributed by atoms with Crippen molar-refractivity contribution in [1.82, 2.24) is 19.2 Å². The number of halogens is 4. The van der Waals surface area contributed by atoms with Gasteiger partial charge in [0.15, 0.2) is 11.3 Å². The zero-order valence-corrected chi connectivity index (χ0v) is 18.4. The molecule has 0 bridgehead atoms. The third-order valence-corrected chi connectivity index (χ3v) is 6.84. The van der Waals surface area contributed by atoms with Crippen LogP contribution in [0.15, 0.2) is 12.3 Å². The molecule has 0 aromatic carbocycles. The van der Waals surface area contributed by atoms with Gasteiger partial charge in [-0.2, -0.15) is 13.2 Å². The lowest BCUT2D eigenvalue weighted by Gasteiger charge is -2.35. The molecule has 33 heavy (non-hydrogen) atoms. The number of carbonyl (C=O) groups is 2. The number of cyclic esters (lactones) is 1. The van der Waals surface area contributed by atoms with Crippen LogP contribution in [-0.2, 0) is 15.7 Å². The van der Waals surface area contributed by atoms with Crippen LogP contribution < -0.4 is 0 Å². The van der Waals surface area contributed by atoms with E-state index in [4.69, 9.17) is 21.1 Å². The van der Waals surface area contributed by atoms with Crippen LogP contribution in [0.3, 0.4) is 0 Å². The summed E-state index contributed by atoms with van der Waals surface area (Å²) in [6.45, 7) is 2.03. The Balaban J connectivity index is 1.43. The van der Waals surface area contributed by atoms with Gasteiger partial charge >= 0.3 is 12.3 Å². The summed E-state index contributed by atoms with van der Waals surface area (Å²) in [5, 5.41) is -0.161. The molecule has 5 rings (SSSR count). The molecule has 3 aliphatic rings. The van der Waals surface area contributed by atoms with Gasteiger partial charge < -0.3 is 19.3 Å². The van der Waals surface area contributed by atoms with Crippen LogP contribution in [0.2, 0.25) is 5.15 Å². The van der Waals surface area contributed by atoms with Gasteiger partial charge in [-0.1, -0.05) is 11.6 Å². The number of hydrogen-bond acceptors (Lipinski definition) is 5. The quantitative estimate of drug-likeness (QED) is 0.657. The van der Waals surface area contributed by atoms with E-state index in [0.717, 1.165) is 16.9 Å². The molecule has 3 fully saturated rings. The molecule has 5 heterocycles. The number of alkyl halides is 3. The Hall–Kier alpha value is -2.53. The van der Waals surface area contributed by atoms with E-state index < -0.39 is 29.4 Å². The Labute approximate surface area is 192 Å². The van der Waals surface area contributed by atoms with Gasteiger partial charge in [-0.05, 0) is 37.3 Å². The number of ether oxygens (including phenoxy) is 2. The molecule has 1 atom stereocenters. The molecule has 2 aromatic rings. The lowest BCUT2D eigenvalue weighted by Crippen LogP contribution is -2.47. The molecule has 178 valence electrons. The molecule has 2 amide bonds. The molecule has 3 saturated heterocycles. The maximum absolute atomic E-state index is 13.8. The van der Waals surface area contributed by atoms with Crippen molar-refractivity contribution < 1.29 is 32.2 Å². The summed E-state index contributed by atoms with van der Waals surface area (Å²) in [6.07, 6.45) is -1.55. The smallest absolute Gasteiger partial charge is 0.419 e. The Morgan fingerprint density at radius 1 is 1.15 bits per heavy atom. The Morgan fingerprint density at radius 2 is 1.91 bits per heavy atom. The molecule has 0 radical (unpaired) electrons. The summed E-state index contributed by atoms with van der Waals surface area (Å²) < 4.78 is 53.1. The van der Waals surface area contributed by atoms with Crippen LogP contribution in [-0.4, -0.2) is 70.1 Å². The summed E-state index contributed by atoms with van der Waals surface area (Å²) in [5.74, 6) is -0.530. The van der Waals surface area contributed by atoms with Gasteiger partial charge in [0.1, 0.15) is 11.8 Å². The number of carbonyl (C=O) groups excluding carboxylic acids is 2. The fraction of sp³-hybridized carbons (Fsp3) is 0.571. The summed E-state index contributed by atoms with van der Waals surface area (Å²) in [7, 11) is 0. The number of aromatic nitrogens is 2. The van der Waals surface area contributed by atoms with Crippen molar-refractivity contribution in [3.8, 4) is 0 Å².